The molecule has 0 spiro atoms. The number of nitrogens with one attached hydrogen (secondary N) is 3. The molecule has 0 saturated heterocycles. The summed E-state index contributed by atoms with van der Waals surface area (Å²) in [4.78, 5) is 49.4. The molecule has 0 aliphatic heterocycles. The highest BCUT2D eigenvalue weighted by Gasteiger charge is 2.29. The predicted molar refractivity (Wildman–Crippen MR) is 126 cm³/mol. The third-order valence-corrected chi connectivity index (χ3v) is 5.13. The van der Waals surface area contributed by atoms with Crippen molar-refractivity contribution in [3.63, 3.8) is 0 Å². The summed E-state index contributed by atoms with van der Waals surface area (Å²) in [6, 6.07) is -3.75. The van der Waals surface area contributed by atoms with Crippen LogP contribution in [0.15, 0.2) is 0 Å². The quantitative estimate of drug-likeness (QED) is 0.0994. The number of unbranched alkanes of at least 4 members (excludes halogenated alkanes) is 3. The second kappa shape index (κ2) is 18.2. The van der Waals surface area contributed by atoms with Crippen molar-refractivity contribution < 1.29 is 24.3 Å². The van der Waals surface area contributed by atoms with Crippen LogP contribution in [0.3, 0.4) is 0 Å². The summed E-state index contributed by atoms with van der Waals surface area (Å²) in [6.07, 6.45) is 4.49. The molecule has 12 nitrogen and oxygen atoms in total. The van der Waals surface area contributed by atoms with Gasteiger partial charge in [-0.3, -0.25) is 14.4 Å². The van der Waals surface area contributed by atoms with Crippen LogP contribution in [-0.4, -0.2) is 72.6 Å². The summed E-state index contributed by atoms with van der Waals surface area (Å²) in [5.41, 5.74) is 22.1. The minimum atomic E-state index is -1.16. The molecule has 4 unspecified atom stereocenters. The largest absolute Gasteiger partial charge is 0.480 e. The Hall–Kier alpha value is -2.28. The van der Waals surface area contributed by atoms with Crippen LogP contribution in [0.1, 0.15) is 64.7 Å². The molecule has 0 aliphatic carbocycles. The lowest BCUT2D eigenvalue weighted by Crippen LogP contribution is -2.56. The zero-order valence-electron chi connectivity index (χ0n) is 19.7. The molecule has 0 heterocycles. The fourth-order valence-corrected chi connectivity index (χ4v) is 3.12. The molecular formula is C21H43N7O5. The molecule has 33 heavy (non-hydrogen) atoms. The molecule has 0 rings (SSSR count). The molecule has 0 aromatic carbocycles. The van der Waals surface area contributed by atoms with Crippen molar-refractivity contribution in [3.05, 3.63) is 0 Å². The molecule has 0 aromatic rings. The lowest BCUT2D eigenvalue weighted by molar-refractivity contribution is -0.142. The SMILES string of the molecule is CC(N)C(=O)NC(CCCCN)C(=O)NC(CCCCN)C(=O)NC(CCCCN)C(=O)O. The number of carbonyl (C=O) groups is 4. The number of hydrogen-bond acceptors (Lipinski definition) is 8. The van der Waals surface area contributed by atoms with Gasteiger partial charge in [0.05, 0.1) is 6.04 Å². The van der Waals surface area contributed by atoms with Crippen LogP contribution >= 0.6 is 0 Å². The summed E-state index contributed by atoms with van der Waals surface area (Å²) < 4.78 is 0. The first-order valence-corrected chi connectivity index (χ1v) is 11.7. The molecule has 192 valence electrons. The van der Waals surface area contributed by atoms with E-state index < -0.39 is 47.9 Å². The fourth-order valence-electron chi connectivity index (χ4n) is 3.12. The van der Waals surface area contributed by atoms with Crippen molar-refractivity contribution in [2.45, 2.75) is 88.9 Å². The second-order valence-electron chi connectivity index (χ2n) is 8.16. The normalized spacial score (nSPS) is 14.6. The third kappa shape index (κ3) is 13.8. The van der Waals surface area contributed by atoms with Crippen LogP contribution < -0.4 is 38.9 Å². The highest BCUT2D eigenvalue weighted by Crippen LogP contribution is 2.07. The summed E-state index contributed by atoms with van der Waals surface area (Å²) in [6.45, 7) is 2.80. The van der Waals surface area contributed by atoms with Gasteiger partial charge >= 0.3 is 5.97 Å². The average molecular weight is 474 g/mol. The van der Waals surface area contributed by atoms with Gasteiger partial charge in [-0.2, -0.15) is 0 Å². The van der Waals surface area contributed by atoms with E-state index in [9.17, 15) is 24.3 Å². The first kappa shape index (κ1) is 30.7. The number of rotatable bonds is 19. The van der Waals surface area contributed by atoms with Crippen molar-refractivity contribution in [3.8, 4) is 0 Å². The summed E-state index contributed by atoms with van der Waals surface area (Å²) in [7, 11) is 0. The Bertz CT molecular complexity index is 604. The molecule has 0 bridgehead atoms. The van der Waals surface area contributed by atoms with Crippen molar-refractivity contribution in [2.75, 3.05) is 19.6 Å². The van der Waals surface area contributed by atoms with Gasteiger partial charge in [0.2, 0.25) is 17.7 Å². The van der Waals surface area contributed by atoms with Gasteiger partial charge in [0.15, 0.2) is 0 Å². The number of carboxylic acid groups (broad SMARTS) is 1. The van der Waals surface area contributed by atoms with Gasteiger partial charge in [-0.05, 0) is 84.3 Å². The number of amides is 3. The molecule has 0 aromatic heterocycles. The smallest absolute Gasteiger partial charge is 0.326 e. The van der Waals surface area contributed by atoms with Crippen molar-refractivity contribution in [2.24, 2.45) is 22.9 Å². The van der Waals surface area contributed by atoms with Gasteiger partial charge in [0, 0.05) is 0 Å². The monoisotopic (exact) mass is 473 g/mol. The van der Waals surface area contributed by atoms with Crippen LogP contribution in [-0.2, 0) is 19.2 Å². The van der Waals surface area contributed by atoms with Crippen LogP contribution in [0.4, 0.5) is 0 Å². The van der Waals surface area contributed by atoms with Crippen molar-refractivity contribution in [1.29, 1.82) is 0 Å². The second-order valence-corrected chi connectivity index (χ2v) is 8.16. The maximum atomic E-state index is 12.9. The van der Waals surface area contributed by atoms with Gasteiger partial charge in [-0.15, -0.1) is 0 Å². The minimum Gasteiger partial charge on any atom is -0.480 e. The zero-order chi connectivity index (χ0) is 25.2. The van der Waals surface area contributed by atoms with E-state index in [1.807, 2.05) is 0 Å². The average Bonchev–Trinajstić information content (AvgIpc) is 2.76. The van der Waals surface area contributed by atoms with Crippen LogP contribution in [0.25, 0.3) is 0 Å². The van der Waals surface area contributed by atoms with E-state index in [0.717, 1.165) is 0 Å². The summed E-state index contributed by atoms with van der Waals surface area (Å²) >= 11 is 0. The standard InChI is InChI=1S/C21H43N7O5/c1-14(25)18(29)26-15(8-2-5-11-22)19(30)27-16(9-3-6-12-23)20(31)28-17(21(32)33)10-4-7-13-24/h14-17H,2-13,22-25H2,1H3,(H,26,29)(H,27,30)(H,28,31)(H,32,33). The van der Waals surface area contributed by atoms with Gasteiger partial charge in [-0.1, -0.05) is 0 Å². The Kier molecular flexibility index (Phi) is 16.9. The van der Waals surface area contributed by atoms with Crippen LogP contribution in [0.5, 0.6) is 0 Å². The molecule has 12 N–H and O–H groups in total. The molecule has 0 aliphatic rings. The lowest BCUT2D eigenvalue weighted by Gasteiger charge is -2.25. The molecule has 0 radical (unpaired) electrons. The van der Waals surface area contributed by atoms with Gasteiger partial charge in [0.25, 0.3) is 0 Å². The van der Waals surface area contributed by atoms with E-state index in [2.05, 4.69) is 16.0 Å². The first-order valence-electron chi connectivity index (χ1n) is 11.7. The van der Waals surface area contributed by atoms with Crippen molar-refractivity contribution >= 4 is 23.7 Å². The van der Waals surface area contributed by atoms with E-state index in [1.165, 1.54) is 6.92 Å². The molecule has 4 atom stereocenters. The number of hydrogen-bond donors (Lipinski definition) is 8. The highest BCUT2D eigenvalue weighted by atomic mass is 16.4. The molecular weight excluding hydrogens is 430 g/mol. The van der Waals surface area contributed by atoms with Crippen molar-refractivity contribution in [1.82, 2.24) is 16.0 Å². The molecule has 3 amide bonds. The maximum Gasteiger partial charge on any atom is 0.326 e. The van der Waals surface area contributed by atoms with E-state index >= 15 is 0 Å². The Balaban J connectivity index is 5.35. The zero-order valence-corrected chi connectivity index (χ0v) is 19.7. The topological polar surface area (TPSA) is 229 Å². The molecule has 12 heteroatoms. The molecule has 0 saturated carbocycles. The van der Waals surface area contributed by atoms with E-state index in [0.29, 0.717) is 64.6 Å². The third-order valence-electron chi connectivity index (χ3n) is 5.13. The number of aliphatic carboxylic acids is 1. The Morgan fingerprint density at radius 2 is 0.970 bits per heavy atom. The van der Waals surface area contributed by atoms with Crippen LogP contribution in [0.2, 0.25) is 0 Å². The minimum absolute atomic E-state index is 0.230. The lowest BCUT2D eigenvalue weighted by atomic mass is 10.0. The van der Waals surface area contributed by atoms with Gasteiger partial charge in [-0.25, -0.2) is 4.79 Å². The summed E-state index contributed by atoms with van der Waals surface area (Å²) in [5, 5.41) is 17.2. The Labute approximate surface area is 195 Å². The molecule has 0 fully saturated rings. The Morgan fingerprint density at radius 3 is 1.30 bits per heavy atom. The maximum absolute atomic E-state index is 12.9. The Morgan fingerprint density at radius 1 is 0.636 bits per heavy atom. The fraction of sp³-hybridized carbons (Fsp3) is 0.810. The van der Waals surface area contributed by atoms with Gasteiger partial charge < -0.3 is 44.0 Å². The highest BCUT2D eigenvalue weighted by molar-refractivity contribution is 5.94. The first-order chi connectivity index (χ1) is 15.7. The van der Waals surface area contributed by atoms with E-state index in [1.54, 1.807) is 0 Å². The summed E-state index contributed by atoms with van der Waals surface area (Å²) in [5.74, 6) is -2.78. The number of carboxylic acids is 1. The van der Waals surface area contributed by atoms with E-state index in [-0.39, 0.29) is 12.8 Å². The van der Waals surface area contributed by atoms with Crippen LogP contribution in [0, 0.1) is 0 Å². The number of carbonyl (C=O) groups excluding carboxylic acids is 3. The predicted octanol–water partition coefficient (Wildman–Crippen LogP) is -1.74. The van der Waals surface area contributed by atoms with E-state index in [4.69, 9.17) is 22.9 Å². The number of nitrogens with two attached hydrogens (primary N) is 4. The van der Waals surface area contributed by atoms with Gasteiger partial charge in [0.1, 0.15) is 18.1 Å².